The van der Waals surface area contributed by atoms with Crippen LogP contribution in [0.2, 0.25) is 0 Å². The molecule has 1 unspecified atom stereocenters. The van der Waals surface area contributed by atoms with E-state index >= 15 is 0 Å². The van der Waals surface area contributed by atoms with Crippen molar-refractivity contribution in [3.63, 3.8) is 0 Å². The summed E-state index contributed by atoms with van der Waals surface area (Å²) in [5.41, 5.74) is 4.12. The molecule has 1 aliphatic rings. The first-order valence-corrected chi connectivity index (χ1v) is 10.1. The van der Waals surface area contributed by atoms with Crippen molar-refractivity contribution >= 4 is 27.5 Å². The lowest BCUT2D eigenvalue weighted by atomic mass is 10.1. The third-order valence-electron chi connectivity index (χ3n) is 5.00. The van der Waals surface area contributed by atoms with Gasteiger partial charge in [0.25, 0.3) is 0 Å². The van der Waals surface area contributed by atoms with Crippen molar-refractivity contribution in [1.82, 2.24) is 19.9 Å². The molecule has 10 heteroatoms. The Morgan fingerprint density at radius 1 is 1.10 bits per heavy atom. The lowest BCUT2D eigenvalue weighted by Gasteiger charge is -2.38. The van der Waals surface area contributed by atoms with E-state index in [4.69, 9.17) is 0 Å². The molecule has 0 N–H and O–H groups in total. The van der Waals surface area contributed by atoms with Crippen molar-refractivity contribution in [3.05, 3.63) is 41.7 Å². The minimum Gasteiger partial charge on any atom is -0.481 e. The fraction of sp³-hybridized carbons (Fsp3) is 0.421. The van der Waals surface area contributed by atoms with Gasteiger partial charge in [0.15, 0.2) is 12.4 Å². The number of piperazine rings is 1. The second-order valence-electron chi connectivity index (χ2n) is 6.90. The van der Waals surface area contributed by atoms with Gasteiger partial charge in [0.05, 0.1) is 28.1 Å². The van der Waals surface area contributed by atoms with Crippen LogP contribution in [0.5, 0.6) is 5.75 Å². The van der Waals surface area contributed by atoms with Crippen molar-refractivity contribution in [2.24, 2.45) is 0 Å². The quantitative estimate of drug-likeness (QED) is 0.620. The van der Waals surface area contributed by atoms with E-state index in [1.807, 2.05) is 10.4 Å². The zero-order valence-electron chi connectivity index (χ0n) is 15.8. The number of rotatable bonds is 5. The van der Waals surface area contributed by atoms with Crippen molar-refractivity contribution in [3.8, 4) is 5.75 Å². The van der Waals surface area contributed by atoms with Crippen molar-refractivity contribution in [1.29, 1.82) is 0 Å². The van der Waals surface area contributed by atoms with Gasteiger partial charge < -0.3 is 9.64 Å². The van der Waals surface area contributed by atoms with Crippen LogP contribution in [-0.4, -0.2) is 58.8 Å². The van der Waals surface area contributed by atoms with Crippen molar-refractivity contribution < 1.29 is 17.9 Å². The summed E-state index contributed by atoms with van der Waals surface area (Å²) >= 11 is 1.64. The van der Waals surface area contributed by atoms with Gasteiger partial charge in [-0.1, -0.05) is 6.07 Å². The van der Waals surface area contributed by atoms with Crippen molar-refractivity contribution in [2.75, 3.05) is 37.7 Å². The number of nitrogens with zero attached hydrogens (tertiary/aromatic N) is 5. The first kappa shape index (κ1) is 19.8. The molecule has 0 spiro atoms. The Labute approximate surface area is 170 Å². The topological polar surface area (TPSA) is 54.4 Å². The second kappa shape index (κ2) is 8.11. The van der Waals surface area contributed by atoms with Crippen LogP contribution in [0.15, 0.2) is 36.1 Å². The SMILES string of the molecule is CC(c1ccc2scnc2c1)N1CCN(c2ncc(OCC(F)(F)F)cn2)CC1. The average Bonchev–Trinajstić information content (AvgIpc) is 3.19. The van der Waals surface area contributed by atoms with Crippen LogP contribution in [-0.2, 0) is 0 Å². The third kappa shape index (κ3) is 4.76. The number of thiazole rings is 1. The maximum absolute atomic E-state index is 12.2. The van der Waals surface area contributed by atoms with Gasteiger partial charge >= 0.3 is 6.18 Å². The molecule has 0 amide bonds. The molecule has 154 valence electrons. The summed E-state index contributed by atoms with van der Waals surface area (Å²) in [5.74, 6) is 0.510. The molecule has 0 saturated carbocycles. The van der Waals surface area contributed by atoms with Crippen LogP contribution in [0, 0.1) is 0 Å². The van der Waals surface area contributed by atoms with Crippen LogP contribution in [0.25, 0.3) is 10.2 Å². The fourth-order valence-electron chi connectivity index (χ4n) is 3.37. The Hall–Kier alpha value is -2.46. The molecular weight excluding hydrogens is 403 g/mol. The highest BCUT2D eigenvalue weighted by Crippen LogP contribution is 2.27. The molecule has 0 radical (unpaired) electrons. The number of ether oxygens (including phenoxy) is 1. The molecule has 1 saturated heterocycles. The lowest BCUT2D eigenvalue weighted by Crippen LogP contribution is -2.47. The van der Waals surface area contributed by atoms with E-state index in [2.05, 4.69) is 49.7 Å². The minimum absolute atomic E-state index is 0.00997. The molecule has 1 aliphatic heterocycles. The van der Waals surface area contributed by atoms with Gasteiger partial charge in [-0.15, -0.1) is 11.3 Å². The monoisotopic (exact) mass is 423 g/mol. The van der Waals surface area contributed by atoms with E-state index in [9.17, 15) is 13.2 Å². The molecule has 1 aromatic carbocycles. The number of alkyl halides is 3. The maximum atomic E-state index is 12.2. The minimum atomic E-state index is -4.38. The van der Waals surface area contributed by atoms with Crippen molar-refractivity contribution in [2.45, 2.75) is 19.1 Å². The largest absolute Gasteiger partial charge is 0.481 e. The highest BCUT2D eigenvalue weighted by Gasteiger charge is 2.28. The number of anilines is 1. The van der Waals surface area contributed by atoms with Crippen LogP contribution in [0.1, 0.15) is 18.5 Å². The maximum Gasteiger partial charge on any atom is 0.422 e. The van der Waals surface area contributed by atoms with E-state index in [0.717, 1.165) is 31.7 Å². The van der Waals surface area contributed by atoms with E-state index < -0.39 is 12.8 Å². The normalized spacial score (nSPS) is 16.9. The number of benzene rings is 1. The molecule has 2 aromatic heterocycles. The molecule has 1 fully saturated rings. The molecule has 4 rings (SSSR count). The Morgan fingerprint density at radius 3 is 2.52 bits per heavy atom. The number of halogens is 3. The van der Waals surface area contributed by atoms with E-state index in [0.29, 0.717) is 5.95 Å². The third-order valence-corrected chi connectivity index (χ3v) is 5.81. The van der Waals surface area contributed by atoms with Gasteiger partial charge in [-0.2, -0.15) is 13.2 Å². The number of hydrogen-bond acceptors (Lipinski definition) is 7. The Bertz CT molecular complexity index is 954. The average molecular weight is 423 g/mol. The van der Waals surface area contributed by atoms with Gasteiger partial charge in [-0.25, -0.2) is 15.0 Å². The Kier molecular flexibility index (Phi) is 5.55. The van der Waals surface area contributed by atoms with E-state index in [-0.39, 0.29) is 11.8 Å². The van der Waals surface area contributed by atoms with Crippen LogP contribution < -0.4 is 9.64 Å². The van der Waals surface area contributed by atoms with E-state index in [1.54, 1.807) is 11.3 Å². The van der Waals surface area contributed by atoms with Gasteiger partial charge in [0.1, 0.15) is 0 Å². The molecule has 6 nitrogen and oxygen atoms in total. The summed E-state index contributed by atoms with van der Waals surface area (Å²) in [5, 5.41) is 0. The standard InChI is InChI=1S/C19H20F3N5OS/c1-13(14-2-3-17-16(8-14)25-12-29-17)26-4-6-27(7-5-26)18-23-9-15(10-24-18)28-11-19(20,21)22/h2-3,8-10,12-13H,4-7,11H2,1H3. The summed E-state index contributed by atoms with van der Waals surface area (Å²) in [6.45, 7) is 4.00. The molecule has 0 bridgehead atoms. The zero-order chi connectivity index (χ0) is 20.4. The molecule has 0 aliphatic carbocycles. The summed E-state index contributed by atoms with van der Waals surface area (Å²) in [7, 11) is 0. The Balaban J connectivity index is 1.34. The first-order chi connectivity index (χ1) is 13.9. The summed E-state index contributed by atoms with van der Waals surface area (Å²) in [6, 6.07) is 6.68. The lowest BCUT2D eigenvalue weighted by molar-refractivity contribution is -0.153. The Morgan fingerprint density at radius 2 is 1.83 bits per heavy atom. The second-order valence-corrected chi connectivity index (χ2v) is 7.79. The molecular formula is C19H20F3N5OS. The highest BCUT2D eigenvalue weighted by atomic mass is 32.1. The predicted molar refractivity (Wildman–Crippen MR) is 105 cm³/mol. The van der Waals surface area contributed by atoms with Gasteiger partial charge in [-0.3, -0.25) is 4.90 Å². The molecule has 3 heterocycles. The number of hydrogen-bond donors (Lipinski definition) is 0. The predicted octanol–water partition coefficient (Wildman–Crippen LogP) is 3.91. The molecule has 1 atom stereocenters. The smallest absolute Gasteiger partial charge is 0.422 e. The highest BCUT2D eigenvalue weighted by molar-refractivity contribution is 7.16. The van der Waals surface area contributed by atoms with Gasteiger partial charge in [-0.05, 0) is 24.6 Å². The van der Waals surface area contributed by atoms with E-state index in [1.165, 1.54) is 22.7 Å². The number of aromatic nitrogens is 3. The molecule has 29 heavy (non-hydrogen) atoms. The van der Waals surface area contributed by atoms with Gasteiger partial charge in [0, 0.05) is 32.2 Å². The van der Waals surface area contributed by atoms with Crippen LogP contribution in [0.4, 0.5) is 19.1 Å². The summed E-state index contributed by atoms with van der Waals surface area (Å²) < 4.78 is 42.5. The molecule has 3 aromatic rings. The van der Waals surface area contributed by atoms with Gasteiger partial charge in [0.2, 0.25) is 5.95 Å². The van der Waals surface area contributed by atoms with Crippen LogP contribution in [0.3, 0.4) is 0 Å². The van der Waals surface area contributed by atoms with Crippen LogP contribution >= 0.6 is 11.3 Å². The fourth-order valence-corrected chi connectivity index (χ4v) is 4.03. The zero-order valence-corrected chi connectivity index (χ0v) is 16.6. The number of fused-ring (bicyclic) bond motifs is 1. The summed E-state index contributed by atoms with van der Waals surface area (Å²) in [4.78, 5) is 17.1. The first-order valence-electron chi connectivity index (χ1n) is 9.23. The summed E-state index contributed by atoms with van der Waals surface area (Å²) in [6.07, 6.45) is -1.81.